The minimum absolute atomic E-state index is 0.124. The SMILES string of the molecule is CCc1ccc(C(C)NC(=O)Nc2ccc(NC(C)=O)c(OC)c2)cc1. The first-order valence-corrected chi connectivity index (χ1v) is 8.55. The average Bonchev–Trinajstić information content (AvgIpc) is 2.62. The molecule has 0 aromatic heterocycles. The maximum atomic E-state index is 12.2. The third-order valence-electron chi connectivity index (χ3n) is 4.01. The molecule has 0 aliphatic carbocycles. The molecule has 2 aromatic rings. The molecule has 0 radical (unpaired) electrons. The number of benzene rings is 2. The molecule has 0 aliphatic heterocycles. The van der Waals surface area contributed by atoms with E-state index < -0.39 is 0 Å². The lowest BCUT2D eigenvalue weighted by Crippen LogP contribution is -2.31. The first-order chi connectivity index (χ1) is 12.4. The van der Waals surface area contributed by atoms with Crippen LogP contribution in [-0.2, 0) is 11.2 Å². The van der Waals surface area contributed by atoms with Crippen LogP contribution in [-0.4, -0.2) is 19.0 Å². The summed E-state index contributed by atoms with van der Waals surface area (Å²) < 4.78 is 5.25. The van der Waals surface area contributed by atoms with Crippen molar-refractivity contribution in [2.45, 2.75) is 33.2 Å². The quantitative estimate of drug-likeness (QED) is 0.730. The van der Waals surface area contributed by atoms with Gasteiger partial charge in [0.2, 0.25) is 5.91 Å². The molecule has 0 bridgehead atoms. The van der Waals surface area contributed by atoms with Gasteiger partial charge in [0.25, 0.3) is 0 Å². The van der Waals surface area contributed by atoms with E-state index in [1.165, 1.54) is 19.6 Å². The number of aryl methyl sites for hydroxylation is 1. The van der Waals surface area contributed by atoms with Gasteiger partial charge in [0.05, 0.1) is 18.8 Å². The zero-order valence-electron chi connectivity index (χ0n) is 15.6. The lowest BCUT2D eigenvalue weighted by atomic mass is 10.1. The summed E-state index contributed by atoms with van der Waals surface area (Å²) in [6, 6.07) is 12.8. The van der Waals surface area contributed by atoms with E-state index in [1.807, 2.05) is 19.1 Å². The smallest absolute Gasteiger partial charge is 0.319 e. The van der Waals surface area contributed by atoms with Crippen LogP contribution < -0.4 is 20.7 Å². The molecule has 26 heavy (non-hydrogen) atoms. The fourth-order valence-electron chi connectivity index (χ4n) is 2.55. The molecule has 3 N–H and O–H groups in total. The Hall–Kier alpha value is -3.02. The molecular weight excluding hydrogens is 330 g/mol. The number of carbonyl (C=O) groups is 2. The molecule has 2 aromatic carbocycles. The second-order valence-electron chi connectivity index (χ2n) is 6.01. The van der Waals surface area contributed by atoms with Crippen molar-refractivity contribution in [1.82, 2.24) is 5.32 Å². The van der Waals surface area contributed by atoms with Crippen LogP contribution in [0.2, 0.25) is 0 Å². The summed E-state index contributed by atoms with van der Waals surface area (Å²) in [5, 5.41) is 8.36. The molecule has 3 amide bonds. The Morgan fingerprint density at radius 2 is 1.77 bits per heavy atom. The van der Waals surface area contributed by atoms with Crippen molar-refractivity contribution in [1.29, 1.82) is 0 Å². The summed E-state index contributed by atoms with van der Waals surface area (Å²) in [5.41, 5.74) is 3.42. The van der Waals surface area contributed by atoms with Crippen LogP contribution in [0.5, 0.6) is 5.75 Å². The largest absolute Gasteiger partial charge is 0.494 e. The number of carbonyl (C=O) groups excluding carboxylic acids is 2. The molecule has 0 spiro atoms. The van der Waals surface area contributed by atoms with Gasteiger partial charge in [0.15, 0.2) is 0 Å². The fourth-order valence-corrected chi connectivity index (χ4v) is 2.55. The number of urea groups is 1. The lowest BCUT2D eigenvalue weighted by molar-refractivity contribution is -0.114. The molecule has 6 nitrogen and oxygen atoms in total. The molecule has 138 valence electrons. The van der Waals surface area contributed by atoms with Gasteiger partial charge in [-0.2, -0.15) is 0 Å². The van der Waals surface area contributed by atoms with Gasteiger partial charge in [-0.05, 0) is 36.6 Å². The Bertz CT molecular complexity index is 772. The second kappa shape index (κ2) is 8.89. The van der Waals surface area contributed by atoms with Crippen LogP contribution in [0.25, 0.3) is 0 Å². The number of ether oxygens (including phenoxy) is 1. The van der Waals surface area contributed by atoms with Gasteiger partial charge in [0.1, 0.15) is 5.75 Å². The maximum absolute atomic E-state index is 12.2. The molecule has 6 heteroatoms. The third-order valence-corrected chi connectivity index (χ3v) is 4.01. The number of hydrogen-bond donors (Lipinski definition) is 3. The van der Waals surface area contributed by atoms with Crippen LogP contribution in [0.1, 0.15) is 37.9 Å². The summed E-state index contributed by atoms with van der Waals surface area (Å²) in [5.74, 6) is 0.283. The highest BCUT2D eigenvalue weighted by Gasteiger charge is 2.11. The Balaban J connectivity index is 2.01. The highest BCUT2D eigenvalue weighted by Crippen LogP contribution is 2.28. The first kappa shape index (κ1) is 19.3. The van der Waals surface area contributed by atoms with E-state index in [0.717, 1.165) is 12.0 Å². The fraction of sp³-hybridized carbons (Fsp3) is 0.300. The first-order valence-electron chi connectivity index (χ1n) is 8.55. The zero-order chi connectivity index (χ0) is 19.1. The highest BCUT2D eigenvalue weighted by atomic mass is 16.5. The lowest BCUT2D eigenvalue weighted by Gasteiger charge is -2.16. The number of methoxy groups -OCH3 is 1. The normalized spacial score (nSPS) is 11.4. The van der Waals surface area contributed by atoms with Gasteiger partial charge < -0.3 is 20.7 Å². The minimum Gasteiger partial charge on any atom is -0.494 e. The van der Waals surface area contributed by atoms with Gasteiger partial charge in [0, 0.05) is 18.7 Å². The van der Waals surface area contributed by atoms with Crippen LogP contribution in [0, 0.1) is 0 Å². The van der Waals surface area contributed by atoms with E-state index in [1.54, 1.807) is 18.2 Å². The van der Waals surface area contributed by atoms with Gasteiger partial charge in [-0.15, -0.1) is 0 Å². The van der Waals surface area contributed by atoms with Crippen molar-refractivity contribution < 1.29 is 14.3 Å². The van der Waals surface area contributed by atoms with Gasteiger partial charge >= 0.3 is 6.03 Å². The van der Waals surface area contributed by atoms with Gasteiger partial charge in [-0.3, -0.25) is 4.79 Å². The Labute approximate surface area is 153 Å². The predicted molar refractivity (Wildman–Crippen MR) is 104 cm³/mol. The van der Waals surface area contributed by atoms with Crippen molar-refractivity contribution in [2.75, 3.05) is 17.7 Å². The maximum Gasteiger partial charge on any atom is 0.319 e. The Kier molecular flexibility index (Phi) is 6.60. The second-order valence-corrected chi connectivity index (χ2v) is 6.01. The predicted octanol–water partition coefficient (Wildman–Crippen LogP) is 4.10. The average molecular weight is 355 g/mol. The van der Waals surface area contributed by atoms with Crippen LogP contribution >= 0.6 is 0 Å². The highest BCUT2D eigenvalue weighted by molar-refractivity contribution is 5.93. The molecular formula is C20H25N3O3. The van der Waals surface area contributed by atoms with Crippen molar-refractivity contribution in [3.63, 3.8) is 0 Å². The van der Waals surface area contributed by atoms with E-state index in [2.05, 4.69) is 35.0 Å². The van der Waals surface area contributed by atoms with Crippen molar-refractivity contribution in [3.8, 4) is 5.75 Å². The van der Waals surface area contributed by atoms with E-state index in [0.29, 0.717) is 17.1 Å². The summed E-state index contributed by atoms with van der Waals surface area (Å²) >= 11 is 0. The number of nitrogens with one attached hydrogen (secondary N) is 3. The van der Waals surface area contributed by atoms with E-state index in [9.17, 15) is 9.59 Å². The van der Waals surface area contributed by atoms with E-state index in [-0.39, 0.29) is 18.0 Å². The van der Waals surface area contributed by atoms with Crippen LogP contribution in [0.15, 0.2) is 42.5 Å². The van der Waals surface area contributed by atoms with Crippen molar-refractivity contribution in [2.24, 2.45) is 0 Å². The topological polar surface area (TPSA) is 79.5 Å². The molecule has 0 fully saturated rings. The number of rotatable bonds is 6. The molecule has 0 aliphatic rings. The molecule has 0 saturated heterocycles. The Morgan fingerprint density at radius 1 is 1.08 bits per heavy atom. The van der Waals surface area contributed by atoms with E-state index >= 15 is 0 Å². The van der Waals surface area contributed by atoms with Crippen LogP contribution in [0.4, 0.5) is 16.2 Å². The van der Waals surface area contributed by atoms with Crippen molar-refractivity contribution in [3.05, 3.63) is 53.6 Å². The standard InChI is InChI=1S/C20H25N3O3/c1-5-15-6-8-16(9-7-15)13(2)21-20(25)23-17-10-11-18(22-14(3)24)19(12-17)26-4/h6-13H,5H2,1-4H3,(H,22,24)(H2,21,23,25). The van der Waals surface area contributed by atoms with Crippen LogP contribution in [0.3, 0.4) is 0 Å². The zero-order valence-corrected chi connectivity index (χ0v) is 15.6. The molecule has 2 rings (SSSR count). The van der Waals surface area contributed by atoms with Crippen molar-refractivity contribution >= 4 is 23.3 Å². The third kappa shape index (κ3) is 5.24. The summed E-state index contributed by atoms with van der Waals surface area (Å²) in [7, 11) is 1.51. The van der Waals surface area contributed by atoms with Gasteiger partial charge in [-0.25, -0.2) is 4.79 Å². The molecule has 0 saturated carbocycles. The molecule has 1 atom stereocenters. The number of amides is 3. The monoisotopic (exact) mass is 355 g/mol. The summed E-state index contributed by atoms with van der Waals surface area (Å²) in [4.78, 5) is 23.4. The van der Waals surface area contributed by atoms with E-state index in [4.69, 9.17) is 4.74 Å². The number of anilines is 2. The van der Waals surface area contributed by atoms with Gasteiger partial charge in [-0.1, -0.05) is 31.2 Å². The number of hydrogen-bond acceptors (Lipinski definition) is 3. The molecule has 0 heterocycles. The summed E-state index contributed by atoms with van der Waals surface area (Å²) in [6.45, 7) is 5.46. The minimum atomic E-state index is -0.314. The summed E-state index contributed by atoms with van der Waals surface area (Å²) in [6.07, 6.45) is 0.985. The molecule has 1 unspecified atom stereocenters. The Morgan fingerprint density at radius 3 is 2.35 bits per heavy atom.